The van der Waals surface area contributed by atoms with Crippen LogP contribution in [0.15, 0.2) is 42.5 Å². The maximum absolute atomic E-state index is 12.7. The van der Waals surface area contributed by atoms with Crippen molar-refractivity contribution in [1.29, 1.82) is 0 Å². The van der Waals surface area contributed by atoms with Crippen molar-refractivity contribution in [2.24, 2.45) is 0 Å². The number of aromatic nitrogens is 1. The molecule has 1 aliphatic heterocycles. The summed E-state index contributed by atoms with van der Waals surface area (Å²) in [6, 6.07) is 11.6. The Balaban J connectivity index is 1.34. The number of ether oxygens (including phenoxy) is 4. The molecule has 2 aromatic carbocycles. The molecule has 1 amide bonds. The molecule has 0 saturated carbocycles. The van der Waals surface area contributed by atoms with Gasteiger partial charge < -0.3 is 23.8 Å². The molecule has 7 nitrogen and oxygen atoms in total. The minimum atomic E-state index is -0.0304. The van der Waals surface area contributed by atoms with Crippen LogP contribution in [0.2, 0.25) is 0 Å². The number of hydrogen-bond acceptors (Lipinski definition) is 7. The van der Waals surface area contributed by atoms with E-state index in [-0.39, 0.29) is 12.0 Å². The predicted octanol–water partition coefficient (Wildman–Crippen LogP) is 4.41. The summed E-state index contributed by atoms with van der Waals surface area (Å²) in [5.74, 6) is 1.59. The second kappa shape index (κ2) is 9.91. The Morgan fingerprint density at radius 2 is 1.75 bits per heavy atom. The zero-order chi connectivity index (χ0) is 22.5. The Bertz CT molecular complexity index is 1060. The predicted molar refractivity (Wildman–Crippen MR) is 125 cm³/mol. The number of fused-ring (bicyclic) bond motifs is 1. The van der Waals surface area contributed by atoms with E-state index in [0.29, 0.717) is 35.5 Å². The van der Waals surface area contributed by atoms with Gasteiger partial charge in [-0.05, 0) is 35.9 Å². The third kappa shape index (κ3) is 4.80. The lowest BCUT2D eigenvalue weighted by molar-refractivity contribution is -0.127. The lowest BCUT2D eigenvalue weighted by Crippen LogP contribution is -2.41. The summed E-state index contributed by atoms with van der Waals surface area (Å²) < 4.78 is 23.3. The molecule has 32 heavy (non-hydrogen) atoms. The first-order chi connectivity index (χ1) is 15.6. The number of methoxy groups -OCH3 is 3. The minimum Gasteiger partial charge on any atom is -0.493 e. The molecule has 0 atom stereocenters. The molecular weight excluding hydrogens is 428 g/mol. The second-order valence-corrected chi connectivity index (χ2v) is 8.38. The van der Waals surface area contributed by atoms with Crippen molar-refractivity contribution < 1.29 is 23.7 Å². The van der Waals surface area contributed by atoms with Crippen LogP contribution in [0.5, 0.6) is 22.4 Å². The van der Waals surface area contributed by atoms with E-state index in [1.807, 2.05) is 41.3 Å². The number of thiazole rings is 1. The number of carbonyl (C=O) groups excluding carboxylic acids is 1. The van der Waals surface area contributed by atoms with E-state index in [1.54, 1.807) is 44.8 Å². The van der Waals surface area contributed by atoms with Gasteiger partial charge in [0.1, 0.15) is 6.10 Å². The highest BCUT2D eigenvalue weighted by atomic mass is 32.1. The zero-order valence-electron chi connectivity index (χ0n) is 18.4. The smallest absolute Gasteiger partial charge is 0.274 e. The largest absolute Gasteiger partial charge is 0.493 e. The first kappa shape index (κ1) is 22.0. The number of rotatable bonds is 7. The number of hydrogen-bond donors (Lipinski definition) is 0. The van der Waals surface area contributed by atoms with Crippen molar-refractivity contribution in [1.82, 2.24) is 9.88 Å². The fraction of sp³-hybridized carbons (Fsp3) is 0.333. The zero-order valence-corrected chi connectivity index (χ0v) is 19.2. The Morgan fingerprint density at radius 1 is 1.06 bits per heavy atom. The summed E-state index contributed by atoms with van der Waals surface area (Å²) in [6.07, 6.45) is 4.96. The number of nitrogens with zero attached hydrogens (tertiary/aromatic N) is 2. The van der Waals surface area contributed by atoms with Crippen LogP contribution >= 0.6 is 11.3 Å². The van der Waals surface area contributed by atoms with E-state index in [4.69, 9.17) is 18.9 Å². The van der Waals surface area contributed by atoms with Crippen LogP contribution in [0.25, 0.3) is 16.3 Å². The maximum atomic E-state index is 12.7. The Morgan fingerprint density at radius 3 is 2.38 bits per heavy atom. The summed E-state index contributed by atoms with van der Waals surface area (Å²) in [4.78, 5) is 19.1. The van der Waals surface area contributed by atoms with Gasteiger partial charge in [0.25, 0.3) is 5.19 Å². The van der Waals surface area contributed by atoms with Crippen molar-refractivity contribution in [3.63, 3.8) is 0 Å². The van der Waals surface area contributed by atoms with Gasteiger partial charge in [-0.2, -0.15) is 0 Å². The van der Waals surface area contributed by atoms with Gasteiger partial charge in [-0.3, -0.25) is 4.79 Å². The van der Waals surface area contributed by atoms with E-state index in [1.165, 1.54) is 0 Å². The fourth-order valence-electron chi connectivity index (χ4n) is 3.71. The third-order valence-corrected chi connectivity index (χ3v) is 6.33. The Hall–Kier alpha value is -3.26. The average molecular weight is 455 g/mol. The molecule has 2 heterocycles. The van der Waals surface area contributed by atoms with Crippen molar-refractivity contribution in [3.05, 3.63) is 48.0 Å². The molecule has 0 unspecified atom stereocenters. The van der Waals surface area contributed by atoms with Gasteiger partial charge in [-0.15, -0.1) is 0 Å². The summed E-state index contributed by atoms with van der Waals surface area (Å²) >= 11 is 1.56. The number of carbonyl (C=O) groups is 1. The van der Waals surface area contributed by atoms with Gasteiger partial charge in [0.05, 0.1) is 31.5 Å². The number of amides is 1. The van der Waals surface area contributed by atoms with Gasteiger partial charge in [-0.25, -0.2) is 4.98 Å². The van der Waals surface area contributed by atoms with Gasteiger partial charge in [0.2, 0.25) is 11.7 Å². The van der Waals surface area contributed by atoms with Gasteiger partial charge in [-0.1, -0.05) is 23.5 Å². The summed E-state index contributed by atoms with van der Waals surface area (Å²) in [5, 5.41) is 0.693. The van der Waals surface area contributed by atoms with Gasteiger partial charge in [0.15, 0.2) is 11.5 Å². The molecule has 0 aliphatic carbocycles. The highest BCUT2D eigenvalue weighted by Gasteiger charge is 2.24. The summed E-state index contributed by atoms with van der Waals surface area (Å²) in [5.41, 5.74) is 1.75. The Labute approximate surface area is 191 Å². The lowest BCUT2D eigenvalue weighted by Gasteiger charge is -2.30. The van der Waals surface area contributed by atoms with Crippen LogP contribution in [0.4, 0.5) is 0 Å². The molecular formula is C24H26N2O5S. The number of likely N-dealkylation sites (tertiary alicyclic amines) is 1. The van der Waals surface area contributed by atoms with Crippen molar-refractivity contribution in [2.45, 2.75) is 18.9 Å². The number of benzene rings is 2. The van der Waals surface area contributed by atoms with Crippen molar-refractivity contribution >= 4 is 33.5 Å². The van der Waals surface area contributed by atoms with Crippen LogP contribution in [0, 0.1) is 0 Å². The van der Waals surface area contributed by atoms with Crippen LogP contribution in [-0.4, -0.2) is 56.3 Å². The molecule has 0 N–H and O–H groups in total. The van der Waals surface area contributed by atoms with Gasteiger partial charge in [0, 0.05) is 32.0 Å². The highest BCUT2D eigenvalue weighted by molar-refractivity contribution is 7.20. The molecule has 1 aliphatic rings. The maximum Gasteiger partial charge on any atom is 0.274 e. The van der Waals surface area contributed by atoms with Crippen LogP contribution in [0.1, 0.15) is 18.4 Å². The number of piperidine rings is 1. The number of para-hydroxylation sites is 1. The van der Waals surface area contributed by atoms with Crippen LogP contribution in [0.3, 0.4) is 0 Å². The van der Waals surface area contributed by atoms with Crippen molar-refractivity contribution in [2.75, 3.05) is 34.4 Å². The molecule has 0 radical (unpaired) electrons. The first-order valence-electron chi connectivity index (χ1n) is 10.4. The monoisotopic (exact) mass is 454 g/mol. The molecule has 3 aromatic rings. The average Bonchev–Trinajstić information content (AvgIpc) is 3.24. The highest BCUT2D eigenvalue weighted by Crippen LogP contribution is 2.38. The van der Waals surface area contributed by atoms with E-state index in [0.717, 1.165) is 28.6 Å². The fourth-order valence-corrected chi connectivity index (χ4v) is 4.59. The quantitative estimate of drug-likeness (QED) is 0.493. The second-order valence-electron chi connectivity index (χ2n) is 7.38. The molecule has 4 rings (SSSR count). The molecule has 0 bridgehead atoms. The van der Waals surface area contributed by atoms with E-state index in [9.17, 15) is 4.79 Å². The Kier molecular flexibility index (Phi) is 6.80. The minimum absolute atomic E-state index is 0.0304. The third-order valence-electron chi connectivity index (χ3n) is 5.40. The standard InChI is InChI=1S/C24H26N2O5S/c1-28-19-14-16(15-20(29-2)23(19)30-3)8-9-22(27)26-12-10-17(11-13-26)31-24-25-18-6-4-5-7-21(18)32-24/h4-9,14-15,17H,10-13H2,1-3H3/b9-8+. The molecule has 1 saturated heterocycles. The molecule has 1 aromatic heterocycles. The van der Waals surface area contributed by atoms with E-state index >= 15 is 0 Å². The normalized spacial score (nSPS) is 14.7. The topological polar surface area (TPSA) is 70.1 Å². The summed E-state index contributed by atoms with van der Waals surface area (Å²) in [7, 11) is 4.69. The van der Waals surface area contributed by atoms with E-state index in [2.05, 4.69) is 4.98 Å². The van der Waals surface area contributed by atoms with Crippen LogP contribution < -0.4 is 18.9 Å². The summed E-state index contributed by atoms with van der Waals surface area (Å²) in [6.45, 7) is 1.29. The first-order valence-corrected chi connectivity index (χ1v) is 11.2. The molecule has 8 heteroatoms. The van der Waals surface area contributed by atoms with Gasteiger partial charge >= 0.3 is 0 Å². The molecule has 1 fully saturated rings. The SMILES string of the molecule is COc1cc(/C=C/C(=O)N2CCC(Oc3nc4ccccc4s3)CC2)cc(OC)c1OC. The van der Waals surface area contributed by atoms with Crippen LogP contribution in [-0.2, 0) is 4.79 Å². The molecule has 0 spiro atoms. The lowest BCUT2D eigenvalue weighted by atomic mass is 10.1. The molecule has 168 valence electrons. The van der Waals surface area contributed by atoms with E-state index < -0.39 is 0 Å². The van der Waals surface area contributed by atoms with Crippen molar-refractivity contribution in [3.8, 4) is 22.4 Å².